The molecule has 8 nitrogen and oxygen atoms in total. The molecule has 1 aromatic heterocycles. The van der Waals surface area contributed by atoms with E-state index < -0.39 is 12.0 Å². The molecule has 116 valence electrons. The molecule has 0 bridgehead atoms. The monoisotopic (exact) mass is 313 g/mol. The van der Waals surface area contributed by atoms with Gasteiger partial charge in [0.25, 0.3) is 0 Å². The maximum Gasteiger partial charge on any atom is 0.326 e. The molecule has 0 radical (unpaired) electrons. The van der Waals surface area contributed by atoms with Crippen LogP contribution in [0.4, 0.5) is 0 Å². The number of aliphatic carboxylic acids is 1. The van der Waals surface area contributed by atoms with Gasteiger partial charge in [0.15, 0.2) is 0 Å². The molecule has 2 N–H and O–H groups in total. The Morgan fingerprint density at radius 3 is 2.81 bits per heavy atom. The van der Waals surface area contributed by atoms with Crippen molar-refractivity contribution >= 4 is 23.6 Å². The number of thioether (sulfide) groups is 1. The number of hydrogen-bond acceptors (Lipinski definition) is 6. The van der Waals surface area contributed by atoms with Crippen molar-refractivity contribution in [3.8, 4) is 0 Å². The molecular formula is C12H19N5O3S. The Morgan fingerprint density at radius 2 is 2.24 bits per heavy atom. The van der Waals surface area contributed by atoms with Gasteiger partial charge < -0.3 is 10.4 Å². The zero-order chi connectivity index (χ0) is 15.4. The van der Waals surface area contributed by atoms with E-state index in [0.29, 0.717) is 17.6 Å². The third kappa shape index (κ3) is 4.16. The second-order valence-corrected chi connectivity index (χ2v) is 6.14. The topological polar surface area (TPSA) is 110 Å². The van der Waals surface area contributed by atoms with Crippen LogP contribution < -0.4 is 5.32 Å². The summed E-state index contributed by atoms with van der Waals surface area (Å²) in [7, 11) is 0. The second kappa shape index (κ2) is 6.88. The van der Waals surface area contributed by atoms with Gasteiger partial charge in [-0.25, -0.2) is 9.48 Å². The molecular weight excluding hydrogens is 294 g/mol. The number of carboxylic acid groups (broad SMARTS) is 1. The van der Waals surface area contributed by atoms with E-state index in [1.54, 1.807) is 11.6 Å². The highest BCUT2D eigenvalue weighted by molar-refractivity contribution is 7.99. The van der Waals surface area contributed by atoms with Crippen LogP contribution >= 0.6 is 11.8 Å². The Kier molecular flexibility index (Phi) is 5.16. The van der Waals surface area contributed by atoms with Crippen LogP contribution in [0.2, 0.25) is 0 Å². The van der Waals surface area contributed by atoms with E-state index in [1.165, 1.54) is 11.8 Å². The predicted octanol–water partition coefficient (Wildman–Crippen LogP) is 0.716. The molecule has 1 unspecified atom stereocenters. The van der Waals surface area contributed by atoms with Crippen molar-refractivity contribution < 1.29 is 14.7 Å². The average molecular weight is 313 g/mol. The number of aromatic nitrogens is 4. The molecule has 0 spiro atoms. The molecule has 1 aliphatic carbocycles. The number of amides is 1. The van der Waals surface area contributed by atoms with Crippen molar-refractivity contribution in [3.63, 3.8) is 0 Å². The van der Waals surface area contributed by atoms with Gasteiger partial charge in [-0.1, -0.05) is 32.0 Å². The van der Waals surface area contributed by atoms with Crippen LogP contribution in [0.3, 0.4) is 0 Å². The summed E-state index contributed by atoms with van der Waals surface area (Å²) in [5.41, 5.74) is 0. The number of hydrogen-bond donors (Lipinski definition) is 2. The lowest BCUT2D eigenvalue weighted by molar-refractivity contribution is -0.143. The Balaban J connectivity index is 1.86. The van der Waals surface area contributed by atoms with E-state index in [9.17, 15) is 9.59 Å². The fraction of sp³-hybridized carbons (Fsp3) is 0.750. The quantitative estimate of drug-likeness (QED) is 0.680. The molecule has 0 aromatic carbocycles. The summed E-state index contributed by atoms with van der Waals surface area (Å²) in [6.07, 6.45) is 2.80. The first-order valence-corrected chi connectivity index (χ1v) is 7.94. The minimum Gasteiger partial charge on any atom is -0.480 e. The average Bonchev–Trinajstić information content (AvgIpc) is 3.20. The van der Waals surface area contributed by atoms with Gasteiger partial charge in [0.05, 0.1) is 11.8 Å². The van der Waals surface area contributed by atoms with Gasteiger partial charge in [0, 0.05) is 0 Å². The van der Waals surface area contributed by atoms with Gasteiger partial charge in [-0.3, -0.25) is 4.79 Å². The Bertz CT molecular complexity index is 517. The summed E-state index contributed by atoms with van der Waals surface area (Å²) in [6, 6.07) is -0.514. The van der Waals surface area contributed by atoms with Crippen LogP contribution in [0.5, 0.6) is 0 Å². The molecule has 21 heavy (non-hydrogen) atoms. The Morgan fingerprint density at radius 1 is 1.52 bits per heavy atom. The largest absolute Gasteiger partial charge is 0.480 e. The number of nitrogens with one attached hydrogen (secondary N) is 1. The van der Waals surface area contributed by atoms with Crippen LogP contribution in [0.15, 0.2) is 5.16 Å². The van der Waals surface area contributed by atoms with Crippen molar-refractivity contribution in [1.29, 1.82) is 0 Å². The fourth-order valence-corrected chi connectivity index (χ4v) is 2.61. The third-order valence-corrected chi connectivity index (χ3v) is 4.42. The summed E-state index contributed by atoms with van der Waals surface area (Å²) >= 11 is 1.23. The lowest BCUT2D eigenvalue weighted by Gasteiger charge is -2.19. The Labute approximate surface area is 126 Å². The normalized spacial score (nSPS) is 17.2. The lowest BCUT2D eigenvalue weighted by Crippen LogP contribution is -2.45. The van der Waals surface area contributed by atoms with Crippen LogP contribution in [-0.4, -0.2) is 49.0 Å². The maximum atomic E-state index is 11.9. The highest BCUT2D eigenvalue weighted by Gasteiger charge is 2.29. The third-order valence-electron chi connectivity index (χ3n) is 3.48. The van der Waals surface area contributed by atoms with E-state index >= 15 is 0 Å². The van der Waals surface area contributed by atoms with Crippen molar-refractivity contribution in [2.75, 3.05) is 5.75 Å². The van der Waals surface area contributed by atoms with Crippen LogP contribution in [-0.2, 0) is 9.59 Å². The molecule has 9 heteroatoms. The van der Waals surface area contributed by atoms with Gasteiger partial charge in [-0.15, -0.1) is 5.10 Å². The first-order chi connectivity index (χ1) is 10.0. The number of carbonyl (C=O) groups is 2. The van der Waals surface area contributed by atoms with E-state index in [2.05, 4.69) is 20.8 Å². The van der Waals surface area contributed by atoms with Gasteiger partial charge >= 0.3 is 5.97 Å². The number of nitrogens with zero attached hydrogens (tertiary/aromatic N) is 4. The molecule has 1 heterocycles. The predicted molar refractivity (Wildman–Crippen MR) is 75.8 cm³/mol. The highest BCUT2D eigenvalue weighted by Crippen LogP contribution is 2.36. The Hall–Kier alpha value is -1.64. The van der Waals surface area contributed by atoms with Gasteiger partial charge in [-0.2, -0.15) is 0 Å². The van der Waals surface area contributed by atoms with Crippen LogP contribution in [0, 0.1) is 5.92 Å². The van der Waals surface area contributed by atoms with Gasteiger partial charge in [-0.05, 0) is 29.2 Å². The lowest BCUT2D eigenvalue weighted by atomic mass is 9.99. The molecule has 0 aliphatic heterocycles. The van der Waals surface area contributed by atoms with E-state index in [0.717, 1.165) is 12.8 Å². The minimum absolute atomic E-state index is 0.104. The zero-order valence-corrected chi connectivity index (χ0v) is 12.8. The van der Waals surface area contributed by atoms with Gasteiger partial charge in [0.2, 0.25) is 11.1 Å². The minimum atomic E-state index is -1.01. The van der Waals surface area contributed by atoms with Crippen molar-refractivity contribution in [3.05, 3.63) is 0 Å². The smallest absolute Gasteiger partial charge is 0.326 e. The maximum absolute atomic E-state index is 11.9. The van der Waals surface area contributed by atoms with Crippen molar-refractivity contribution in [1.82, 2.24) is 25.5 Å². The molecule has 1 saturated carbocycles. The van der Waals surface area contributed by atoms with E-state index in [1.807, 2.05) is 6.92 Å². The molecule has 1 aromatic rings. The summed E-state index contributed by atoms with van der Waals surface area (Å²) in [6.45, 7) is 3.70. The van der Waals surface area contributed by atoms with Crippen molar-refractivity contribution in [2.24, 2.45) is 5.92 Å². The zero-order valence-electron chi connectivity index (χ0n) is 12.0. The van der Waals surface area contributed by atoms with Crippen LogP contribution in [0.25, 0.3) is 0 Å². The number of rotatable bonds is 8. The molecule has 0 saturated heterocycles. The van der Waals surface area contributed by atoms with Crippen LogP contribution in [0.1, 0.15) is 39.2 Å². The standard InChI is InChI=1S/C12H19N5O3S/c1-3-7(2)10(11(19)20)13-9(18)6-21-12-14-15-16-17(12)8-4-5-8/h7-8,10H,3-6H2,1-2H3,(H,13,18)(H,19,20)/t7?,10-/m0/s1. The van der Waals surface area contributed by atoms with E-state index in [-0.39, 0.29) is 17.6 Å². The fourth-order valence-electron chi connectivity index (χ4n) is 1.86. The second-order valence-electron chi connectivity index (χ2n) is 5.19. The summed E-state index contributed by atoms with van der Waals surface area (Å²) in [4.78, 5) is 23.1. The highest BCUT2D eigenvalue weighted by atomic mass is 32.2. The first-order valence-electron chi connectivity index (χ1n) is 6.95. The summed E-state index contributed by atoms with van der Waals surface area (Å²) in [5.74, 6) is -1.34. The summed E-state index contributed by atoms with van der Waals surface area (Å²) in [5, 5.41) is 23.7. The van der Waals surface area contributed by atoms with Gasteiger partial charge in [0.1, 0.15) is 6.04 Å². The number of carbonyl (C=O) groups excluding carboxylic acids is 1. The molecule has 1 amide bonds. The number of tetrazole rings is 1. The number of carboxylic acids is 1. The molecule has 1 aliphatic rings. The van der Waals surface area contributed by atoms with E-state index in [4.69, 9.17) is 5.11 Å². The first kappa shape index (κ1) is 15.7. The summed E-state index contributed by atoms with van der Waals surface area (Å²) < 4.78 is 1.72. The molecule has 2 rings (SSSR count). The molecule has 2 atom stereocenters. The van der Waals surface area contributed by atoms with Crippen molar-refractivity contribution in [2.45, 2.75) is 50.4 Å². The SMILES string of the molecule is CCC(C)[C@H](NC(=O)CSc1nnnn1C1CC1)C(=O)O. The molecule has 1 fully saturated rings.